The minimum Gasteiger partial charge on any atom is -0.346 e. The number of rotatable bonds is 7. The van der Waals surface area contributed by atoms with Gasteiger partial charge in [0, 0.05) is 36.1 Å². The minimum absolute atomic E-state index is 0.737. The van der Waals surface area contributed by atoms with Crippen LogP contribution in [-0.2, 0) is 19.5 Å². The van der Waals surface area contributed by atoms with Crippen molar-refractivity contribution in [2.45, 2.75) is 57.1 Å². The lowest BCUT2D eigenvalue weighted by Gasteiger charge is -2.21. The molecule has 1 aromatic heterocycles. The van der Waals surface area contributed by atoms with E-state index < -0.39 is 0 Å². The predicted molar refractivity (Wildman–Crippen MR) is 93.2 cm³/mol. The van der Waals surface area contributed by atoms with Crippen LogP contribution in [-0.4, -0.2) is 27.2 Å². The summed E-state index contributed by atoms with van der Waals surface area (Å²) >= 11 is 1.80. The average molecular weight is 315 g/mol. The molecule has 1 fully saturated rings. The monoisotopic (exact) mass is 315 g/mol. The molecule has 1 N–H and O–H groups in total. The van der Waals surface area contributed by atoms with Crippen molar-refractivity contribution in [3.63, 3.8) is 0 Å². The molecule has 22 heavy (non-hydrogen) atoms. The van der Waals surface area contributed by atoms with Crippen molar-refractivity contribution in [2.24, 2.45) is 0 Å². The summed E-state index contributed by atoms with van der Waals surface area (Å²) < 4.78 is 0. The molecule has 0 unspecified atom stereocenters. The smallest absolute Gasteiger partial charge is 0.106 e. The Labute approximate surface area is 137 Å². The minimum atomic E-state index is 0.737. The highest BCUT2D eigenvalue weighted by Gasteiger charge is 2.29. The first-order valence-corrected chi connectivity index (χ1v) is 9.33. The number of H-pyrrole nitrogens is 1. The summed E-state index contributed by atoms with van der Waals surface area (Å²) in [5, 5.41) is 0. The molecule has 0 atom stereocenters. The topological polar surface area (TPSA) is 31.9 Å². The molecule has 2 aromatic rings. The van der Waals surface area contributed by atoms with Crippen molar-refractivity contribution in [3.8, 4) is 0 Å². The Balaban J connectivity index is 1.70. The van der Waals surface area contributed by atoms with Crippen molar-refractivity contribution in [2.75, 3.05) is 6.26 Å². The van der Waals surface area contributed by atoms with Crippen LogP contribution in [0.2, 0.25) is 0 Å². The van der Waals surface area contributed by atoms with Gasteiger partial charge < -0.3 is 4.98 Å². The lowest BCUT2D eigenvalue weighted by molar-refractivity contribution is 0.242. The summed E-state index contributed by atoms with van der Waals surface area (Å²) in [6, 6.07) is 9.70. The molecule has 1 aliphatic rings. The average Bonchev–Trinajstić information content (AvgIpc) is 3.32. The molecule has 1 saturated carbocycles. The van der Waals surface area contributed by atoms with Gasteiger partial charge in [0.1, 0.15) is 5.82 Å². The molecule has 1 heterocycles. The zero-order chi connectivity index (χ0) is 15.5. The zero-order valence-corrected chi connectivity index (χ0v) is 14.5. The summed E-state index contributed by atoms with van der Waals surface area (Å²) in [5.41, 5.74) is 3.83. The maximum absolute atomic E-state index is 4.75. The lowest BCUT2D eigenvalue weighted by atomic mass is 10.2. The van der Waals surface area contributed by atoms with Gasteiger partial charge in [0.15, 0.2) is 0 Å². The number of hydrogen-bond acceptors (Lipinski definition) is 3. The van der Waals surface area contributed by atoms with E-state index in [1.807, 2.05) is 0 Å². The Morgan fingerprint density at radius 3 is 2.50 bits per heavy atom. The SMILES string of the molecule is CCc1nc(CN(Cc2ccc(SC)cc2)C2CC2)c(C)[nH]1. The maximum atomic E-state index is 4.75. The third-order valence-electron chi connectivity index (χ3n) is 4.33. The number of nitrogens with zero attached hydrogens (tertiary/aromatic N) is 2. The fraction of sp³-hybridized carbons (Fsp3) is 0.500. The molecule has 0 amide bonds. The van der Waals surface area contributed by atoms with Crippen molar-refractivity contribution in [3.05, 3.63) is 47.0 Å². The van der Waals surface area contributed by atoms with Crippen LogP contribution >= 0.6 is 11.8 Å². The number of aromatic amines is 1. The first-order valence-electron chi connectivity index (χ1n) is 8.11. The molecule has 118 valence electrons. The highest BCUT2D eigenvalue weighted by Crippen LogP contribution is 2.30. The quantitative estimate of drug-likeness (QED) is 0.778. The number of hydrogen-bond donors (Lipinski definition) is 1. The van der Waals surface area contributed by atoms with E-state index >= 15 is 0 Å². The van der Waals surface area contributed by atoms with Gasteiger partial charge in [-0.3, -0.25) is 4.90 Å². The van der Waals surface area contributed by atoms with Crippen LogP contribution in [0.5, 0.6) is 0 Å². The van der Waals surface area contributed by atoms with E-state index in [0.717, 1.165) is 31.4 Å². The molecule has 1 aromatic carbocycles. The van der Waals surface area contributed by atoms with Crippen LogP contribution in [0.4, 0.5) is 0 Å². The van der Waals surface area contributed by atoms with E-state index in [2.05, 4.69) is 54.3 Å². The van der Waals surface area contributed by atoms with Crippen molar-refractivity contribution >= 4 is 11.8 Å². The Hall–Kier alpha value is -1.26. The number of nitrogens with one attached hydrogen (secondary N) is 1. The molecular formula is C18H25N3S. The zero-order valence-electron chi connectivity index (χ0n) is 13.7. The number of aromatic nitrogens is 2. The van der Waals surface area contributed by atoms with Gasteiger partial charge in [0.05, 0.1) is 5.69 Å². The molecule has 3 rings (SSSR count). The van der Waals surface area contributed by atoms with Gasteiger partial charge in [-0.15, -0.1) is 11.8 Å². The third-order valence-corrected chi connectivity index (χ3v) is 5.07. The molecule has 0 bridgehead atoms. The van der Waals surface area contributed by atoms with Gasteiger partial charge in [-0.1, -0.05) is 19.1 Å². The predicted octanol–water partition coefficient (Wildman–Crippen LogP) is 4.17. The van der Waals surface area contributed by atoms with E-state index in [9.17, 15) is 0 Å². The molecule has 0 spiro atoms. The Bertz CT molecular complexity index is 614. The largest absolute Gasteiger partial charge is 0.346 e. The number of imidazole rings is 1. The van der Waals surface area contributed by atoms with E-state index in [0.29, 0.717) is 0 Å². The van der Waals surface area contributed by atoms with Gasteiger partial charge in [-0.2, -0.15) is 0 Å². The lowest BCUT2D eigenvalue weighted by Crippen LogP contribution is -2.25. The second-order valence-electron chi connectivity index (χ2n) is 6.09. The van der Waals surface area contributed by atoms with Gasteiger partial charge in [0.25, 0.3) is 0 Å². The standard InChI is InChI=1S/C18H25N3S/c1-4-18-19-13(2)17(20-18)12-21(15-7-8-15)11-14-5-9-16(22-3)10-6-14/h5-6,9-10,15H,4,7-8,11-12H2,1-3H3,(H,19,20). The Morgan fingerprint density at radius 1 is 1.23 bits per heavy atom. The van der Waals surface area contributed by atoms with E-state index in [-0.39, 0.29) is 0 Å². The molecule has 3 nitrogen and oxygen atoms in total. The number of thioether (sulfide) groups is 1. The molecule has 0 aliphatic heterocycles. The Morgan fingerprint density at radius 2 is 1.95 bits per heavy atom. The van der Waals surface area contributed by atoms with Crippen LogP contribution in [0.25, 0.3) is 0 Å². The van der Waals surface area contributed by atoms with E-state index in [1.54, 1.807) is 11.8 Å². The second kappa shape index (κ2) is 6.88. The number of aryl methyl sites for hydroxylation is 2. The fourth-order valence-corrected chi connectivity index (χ4v) is 3.20. The van der Waals surface area contributed by atoms with Crippen molar-refractivity contribution in [1.29, 1.82) is 0 Å². The second-order valence-corrected chi connectivity index (χ2v) is 6.97. The molecular weight excluding hydrogens is 290 g/mol. The van der Waals surface area contributed by atoms with Crippen molar-refractivity contribution < 1.29 is 0 Å². The third kappa shape index (κ3) is 3.73. The molecule has 1 aliphatic carbocycles. The summed E-state index contributed by atoms with van der Waals surface area (Å²) in [7, 11) is 0. The highest BCUT2D eigenvalue weighted by atomic mass is 32.2. The number of benzene rings is 1. The first kappa shape index (κ1) is 15.6. The van der Waals surface area contributed by atoms with Crippen molar-refractivity contribution in [1.82, 2.24) is 14.9 Å². The summed E-state index contributed by atoms with van der Waals surface area (Å²) in [6.07, 6.45) is 5.75. The van der Waals surface area contributed by atoms with E-state index in [4.69, 9.17) is 4.98 Å². The van der Waals surface area contributed by atoms with Gasteiger partial charge in [-0.25, -0.2) is 4.98 Å². The van der Waals surface area contributed by atoms with Crippen LogP contribution in [0.15, 0.2) is 29.2 Å². The highest BCUT2D eigenvalue weighted by molar-refractivity contribution is 7.98. The summed E-state index contributed by atoms with van der Waals surface area (Å²) in [6.45, 7) is 6.26. The van der Waals surface area contributed by atoms with Crippen LogP contribution in [0.1, 0.15) is 42.5 Å². The first-order chi connectivity index (χ1) is 10.7. The Kier molecular flexibility index (Phi) is 4.89. The van der Waals surface area contributed by atoms with Crippen LogP contribution in [0, 0.1) is 6.92 Å². The van der Waals surface area contributed by atoms with Crippen LogP contribution in [0.3, 0.4) is 0 Å². The molecule has 0 radical (unpaired) electrons. The normalized spacial score (nSPS) is 14.7. The molecule has 4 heteroatoms. The van der Waals surface area contributed by atoms with Crippen LogP contribution < -0.4 is 0 Å². The van der Waals surface area contributed by atoms with Gasteiger partial charge in [-0.05, 0) is 43.7 Å². The van der Waals surface area contributed by atoms with Gasteiger partial charge in [0.2, 0.25) is 0 Å². The maximum Gasteiger partial charge on any atom is 0.106 e. The molecule has 0 saturated heterocycles. The summed E-state index contributed by atoms with van der Waals surface area (Å²) in [5.74, 6) is 1.10. The summed E-state index contributed by atoms with van der Waals surface area (Å²) in [4.78, 5) is 12.1. The van der Waals surface area contributed by atoms with E-state index in [1.165, 1.54) is 34.7 Å². The van der Waals surface area contributed by atoms with Gasteiger partial charge >= 0.3 is 0 Å². The fourth-order valence-electron chi connectivity index (χ4n) is 2.80.